The van der Waals surface area contributed by atoms with Gasteiger partial charge in [-0.3, -0.25) is 0 Å². The molecular weight excluding hydrogens is 438 g/mol. The van der Waals surface area contributed by atoms with Crippen molar-refractivity contribution in [3.8, 4) is 45.3 Å². The number of phenolic OH excluding ortho intramolecular Hbond substituents is 2. The number of anilines is 2. The summed E-state index contributed by atoms with van der Waals surface area (Å²) in [4.78, 5) is 1.78. The molecule has 33 heavy (non-hydrogen) atoms. The smallest absolute Gasteiger partial charge is 0.187 e. The number of halogens is 4. The van der Waals surface area contributed by atoms with Gasteiger partial charge >= 0.3 is 0 Å². The summed E-state index contributed by atoms with van der Waals surface area (Å²) in [5.41, 5.74) is 2.62. The molecule has 0 saturated carbocycles. The van der Waals surface area contributed by atoms with Gasteiger partial charge in [-0.1, -0.05) is 12.1 Å². The zero-order valence-corrected chi connectivity index (χ0v) is 17.0. The lowest BCUT2D eigenvalue weighted by Gasteiger charge is -2.30. The van der Waals surface area contributed by atoms with Gasteiger partial charge in [0.1, 0.15) is 0 Å². The molecular formula is C25H15F4NO3. The first kappa shape index (κ1) is 20.7. The summed E-state index contributed by atoms with van der Waals surface area (Å²) in [5.74, 6) is -5.37. The normalized spacial score (nSPS) is 12.2. The summed E-state index contributed by atoms with van der Waals surface area (Å²) in [7, 11) is 1.75. The largest absolute Gasteiger partial charge is 0.503 e. The van der Waals surface area contributed by atoms with Crippen LogP contribution in [0, 0.1) is 23.3 Å². The highest BCUT2D eigenvalue weighted by Crippen LogP contribution is 2.48. The van der Waals surface area contributed by atoms with E-state index in [1.165, 1.54) is 0 Å². The lowest BCUT2D eigenvalue weighted by atomic mass is 10.0. The van der Waals surface area contributed by atoms with Crippen molar-refractivity contribution in [2.24, 2.45) is 0 Å². The second-order valence-corrected chi connectivity index (χ2v) is 7.60. The Hall–Kier alpha value is -4.20. The van der Waals surface area contributed by atoms with E-state index in [0.29, 0.717) is 34.0 Å². The van der Waals surface area contributed by atoms with Gasteiger partial charge in [-0.2, -0.15) is 0 Å². The molecule has 4 aromatic rings. The lowest BCUT2D eigenvalue weighted by Crippen LogP contribution is -2.15. The molecule has 0 saturated heterocycles. The van der Waals surface area contributed by atoms with Crippen molar-refractivity contribution in [2.45, 2.75) is 0 Å². The number of ether oxygens (including phenoxy) is 1. The molecule has 1 aliphatic rings. The summed E-state index contributed by atoms with van der Waals surface area (Å²) >= 11 is 0. The van der Waals surface area contributed by atoms with Crippen LogP contribution in [-0.4, -0.2) is 17.3 Å². The number of benzene rings is 4. The fourth-order valence-electron chi connectivity index (χ4n) is 3.80. The van der Waals surface area contributed by atoms with Gasteiger partial charge in [-0.05, 0) is 70.8 Å². The van der Waals surface area contributed by atoms with E-state index in [1.54, 1.807) is 48.3 Å². The first-order chi connectivity index (χ1) is 15.7. The maximum atomic E-state index is 13.8. The molecule has 0 radical (unpaired) electrons. The summed E-state index contributed by atoms with van der Waals surface area (Å²) in [6.07, 6.45) is 0. The van der Waals surface area contributed by atoms with Crippen LogP contribution in [0.15, 0.2) is 60.7 Å². The zero-order chi connectivity index (χ0) is 23.4. The van der Waals surface area contributed by atoms with E-state index >= 15 is 0 Å². The fraction of sp³-hybridized carbons (Fsp3) is 0.0400. The first-order valence-corrected chi connectivity index (χ1v) is 9.79. The molecule has 0 atom stereocenters. The quantitative estimate of drug-likeness (QED) is 0.326. The molecule has 0 bridgehead atoms. The van der Waals surface area contributed by atoms with Crippen molar-refractivity contribution in [2.75, 3.05) is 11.9 Å². The monoisotopic (exact) mass is 453 g/mol. The SMILES string of the molecule is CN1c2cc(-c3cc(F)c(O)c(F)c3)ccc2Oc2ccc(-c3cc(F)c(O)c(F)c3)cc21. The van der Waals surface area contributed by atoms with Crippen molar-refractivity contribution in [1.29, 1.82) is 0 Å². The van der Waals surface area contributed by atoms with Crippen LogP contribution in [0.2, 0.25) is 0 Å². The maximum Gasteiger partial charge on any atom is 0.187 e. The Kier molecular flexibility index (Phi) is 4.67. The molecule has 166 valence electrons. The van der Waals surface area contributed by atoms with Crippen LogP contribution in [-0.2, 0) is 0 Å². The number of aromatic hydroxyl groups is 2. The second-order valence-electron chi connectivity index (χ2n) is 7.60. The molecule has 0 fully saturated rings. The van der Waals surface area contributed by atoms with Gasteiger partial charge in [0.05, 0.1) is 11.4 Å². The van der Waals surface area contributed by atoms with Gasteiger partial charge in [-0.25, -0.2) is 17.6 Å². The Morgan fingerprint density at radius 3 is 1.30 bits per heavy atom. The first-order valence-electron chi connectivity index (χ1n) is 9.79. The van der Waals surface area contributed by atoms with Gasteiger partial charge in [0.25, 0.3) is 0 Å². The average molecular weight is 453 g/mol. The maximum absolute atomic E-state index is 13.8. The Balaban J connectivity index is 1.56. The average Bonchev–Trinajstić information content (AvgIpc) is 2.80. The van der Waals surface area contributed by atoms with Gasteiger partial charge in [0.2, 0.25) is 0 Å². The zero-order valence-electron chi connectivity index (χ0n) is 17.0. The van der Waals surface area contributed by atoms with Gasteiger partial charge in [0.15, 0.2) is 46.3 Å². The van der Waals surface area contributed by atoms with Crippen LogP contribution in [0.5, 0.6) is 23.0 Å². The summed E-state index contributed by atoms with van der Waals surface area (Å²) < 4.78 is 61.3. The van der Waals surface area contributed by atoms with Crippen LogP contribution in [0.3, 0.4) is 0 Å². The van der Waals surface area contributed by atoms with E-state index < -0.39 is 34.8 Å². The summed E-state index contributed by atoms with van der Waals surface area (Å²) in [6, 6.07) is 14.1. The van der Waals surface area contributed by atoms with E-state index in [4.69, 9.17) is 4.74 Å². The minimum atomic E-state index is -1.07. The number of nitrogens with zero attached hydrogens (tertiary/aromatic N) is 1. The third kappa shape index (κ3) is 3.40. The highest BCUT2D eigenvalue weighted by atomic mass is 19.1. The third-order valence-corrected chi connectivity index (χ3v) is 5.56. The minimum Gasteiger partial charge on any atom is -0.503 e. The Morgan fingerprint density at radius 1 is 0.576 bits per heavy atom. The lowest BCUT2D eigenvalue weighted by molar-refractivity contribution is 0.396. The molecule has 0 amide bonds. The van der Waals surface area contributed by atoms with Crippen LogP contribution in [0.1, 0.15) is 0 Å². The Labute approximate surface area is 185 Å². The van der Waals surface area contributed by atoms with Crippen molar-refractivity contribution in [3.05, 3.63) is 83.9 Å². The van der Waals surface area contributed by atoms with Crippen molar-refractivity contribution >= 4 is 11.4 Å². The molecule has 1 heterocycles. The fourth-order valence-corrected chi connectivity index (χ4v) is 3.80. The predicted molar refractivity (Wildman–Crippen MR) is 115 cm³/mol. The van der Waals surface area contributed by atoms with Gasteiger partial charge in [0, 0.05) is 7.05 Å². The molecule has 4 nitrogen and oxygen atoms in total. The molecule has 5 rings (SSSR count). The van der Waals surface area contributed by atoms with Crippen molar-refractivity contribution in [1.82, 2.24) is 0 Å². The second kappa shape index (κ2) is 7.44. The molecule has 0 aliphatic carbocycles. The van der Waals surface area contributed by atoms with E-state index in [0.717, 1.165) is 24.3 Å². The van der Waals surface area contributed by atoms with Gasteiger partial charge < -0.3 is 19.8 Å². The highest BCUT2D eigenvalue weighted by molar-refractivity contribution is 5.84. The molecule has 0 spiro atoms. The summed E-state index contributed by atoms with van der Waals surface area (Å²) in [5, 5.41) is 18.7. The number of hydrogen-bond acceptors (Lipinski definition) is 4. The number of rotatable bonds is 2. The van der Waals surface area contributed by atoms with E-state index in [9.17, 15) is 27.8 Å². The predicted octanol–water partition coefficient (Wildman–Crippen LogP) is 6.86. The summed E-state index contributed by atoms with van der Waals surface area (Å²) in [6.45, 7) is 0. The van der Waals surface area contributed by atoms with E-state index in [1.807, 2.05) is 0 Å². The van der Waals surface area contributed by atoms with Crippen LogP contribution < -0.4 is 9.64 Å². The van der Waals surface area contributed by atoms with Crippen molar-refractivity contribution < 1.29 is 32.5 Å². The van der Waals surface area contributed by atoms with Crippen LogP contribution >= 0.6 is 0 Å². The number of phenols is 2. The highest BCUT2D eigenvalue weighted by Gasteiger charge is 2.24. The Morgan fingerprint density at radius 2 is 0.939 bits per heavy atom. The van der Waals surface area contributed by atoms with E-state index in [2.05, 4.69) is 0 Å². The van der Waals surface area contributed by atoms with E-state index in [-0.39, 0.29) is 11.1 Å². The van der Waals surface area contributed by atoms with Crippen molar-refractivity contribution in [3.63, 3.8) is 0 Å². The number of fused-ring (bicyclic) bond motifs is 2. The van der Waals surface area contributed by atoms with Crippen LogP contribution in [0.4, 0.5) is 28.9 Å². The third-order valence-electron chi connectivity index (χ3n) is 5.56. The molecule has 0 aromatic heterocycles. The van der Waals surface area contributed by atoms with Gasteiger partial charge in [-0.15, -0.1) is 0 Å². The molecule has 2 N–H and O–H groups in total. The minimum absolute atomic E-state index is 0.230. The topological polar surface area (TPSA) is 52.9 Å². The molecule has 8 heteroatoms. The van der Waals surface area contributed by atoms with Crippen LogP contribution in [0.25, 0.3) is 22.3 Å². The molecule has 4 aromatic carbocycles. The standard InChI is InChI=1S/C25H15F4NO3/c1-30-20-10-12(14-6-16(26)24(31)17(27)7-14)2-4-22(20)33-23-5-3-13(11-21(23)30)15-8-18(28)25(32)19(29)9-15/h2-11,31-32H,1H3. The molecule has 1 aliphatic heterocycles. The molecule has 0 unspecified atom stereocenters. The Bertz CT molecular complexity index is 1280. The number of hydrogen-bond donors (Lipinski definition) is 2.